The number of nitrogens with one attached hydrogen (secondary N) is 1. The Bertz CT molecular complexity index is 836. The van der Waals surface area contributed by atoms with Crippen LogP contribution in [0, 0.1) is 19.8 Å². The van der Waals surface area contributed by atoms with Crippen LogP contribution in [-0.2, 0) is 0 Å². The molecule has 2 amide bonds. The van der Waals surface area contributed by atoms with E-state index in [2.05, 4.69) is 15.3 Å². The molecule has 2 atom stereocenters. The average molecular weight is 366 g/mol. The van der Waals surface area contributed by atoms with Crippen LogP contribution in [-0.4, -0.2) is 45.8 Å². The summed E-state index contributed by atoms with van der Waals surface area (Å²) in [6.45, 7) is 7.18. The molecule has 1 saturated heterocycles. The van der Waals surface area contributed by atoms with Gasteiger partial charge in [-0.2, -0.15) is 0 Å². The van der Waals surface area contributed by atoms with Gasteiger partial charge in [-0.05, 0) is 62.8 Å². The maximum Gasteiger partial charge on any atom is 0.272 e. The minimum Gasteiger partial charge on any atom is -0.349 e. The molecule has 0 aromatic carbocycles. The van der Waals surface area contributed by atoms with Crippen molar-refractivity contribution in [3.8, 4) is 0 Å². The molecule has 142 valence electrons. The summed E-state index contributed by atoms with van der Waals surface area (Å²) in [5.74, 6) is 0.0652. The standard InChI is InChI=1S/C21H26N4O2/c1-14-10-18(12-22-11-14)20(26)24-16(3)17-7-5-9-25(13-17)21(27)19-15(2)6-4-8-23-19/h4,6,8,10-12,16-17H,5,7,9,13H2,1-3H3,(H,24,26). The lowest BCUT2D eigenvalue weighted by molar-refractivity contribution is 0.0638. The second-order valence-electron chi connectivity index (χ2n) is 7.34. The van der Waals surface area contributed by atoms with Gasteiger partial charge in [0, 0.05) is 37.7 Å². The van der Waals surface area contributed by atoms with Gasteiger partial charge in [0.2, 0.25) is 0 Å². The molecule has 1 fully saturated rings. The Labute approximate surface area is 160 Å². The van der Waals surface area contributed by atoms with Gasteiger partial charge in [0.25, 0.3) is 11.8 Å². The molecule has 1 aliphatic heterocycles. The highest BCUT2D eigenvalue weighted by Crippen LogP contribution is 2.22. The first kappa shape index (κ1) is 19.0. The zero-order chi connectivity index (χ0) is 19.4. The van der Waals surface area contributed by atoms with Crippen LogP contribution in [0.15, 0.2) is 36.8 Å². The fourth-order valence-corrected chi connectivity index (χ4v) is 3.55. The molecule has 0 aliphatic carbocycles. The number of hydrogen-bond donors (Lipinski definition) is 1. The van der Waals surface area contributed by atoms with Crippen LogP contribution in [0.5, 0.6) is 0 Å². The summed E-state index contributed by atoms with van der Waals surface area (Å²) in [4.78, 5) is 35.5. The van der Waals surface area contributed by atoms with Gasteiger partial charge < -0.3 is 10.2 Å². The summed E-state index contributed by atoms with van der Waals surface area (Å²) >= 11 is 0. The lowest BCUT2D eigenvalue weighted by atomic mass is 9.91. The number of amides is 2. The van der Waals surface area contributed by atoms with Gasteiger partial charge in [-0.3, -0.25) is 19.6 Å². The van der Waals surface area contributed by atoms with Crippen molar-refractivity contribution in [3.63, 3.8) is 0 Å². The third-order valence-electron chi connectivity index (χ3n) is 5.16. The van der Waals surface area contributed by atoms with Crippen molar-refractivity contribution >= 4 is 11.8 Å². The van der Waals surface area contributed by atoms with E-state index >= 15 is 0 Å². The second-order valence-corrected chi connectivity index (χ2v) is 7.34. The first-order valence-corrected chi connectivity index (χ1v) is 9.39. The molecular formula is C21H26N4O2. The van der Waals surface area contributed by atoms with Gasteiger partial charge in [0.15, 0.2) is 0 Å². The van der Waals surface area contributed by atoms with Gasteiger partial charge in [-0.15, -0.1) is 0 Å². The van der Waals surface area contributed by atoms with Crippen LogP contribution in [0.4, 0.5) is 0 Å². The Morgan fingerprint density at radius 1 is 1.30 bits per heavy atom. The molecule has 1 aliphatic rings. The summed E-state index contributed by atoms with van der Waals surface area (Å²) in [6, 6.07) is 5.54. The molecule has 3 heterocycles. The number of carbonyl (C=O) groups excluding carboxylic acids is 2. The molecule has 3 rings (SSSR count). The Balaban J connectivity index is 1.64. The molecule has 6 nitrogen and oxygen atoms in total. The minimum absolute atomic E-state index is 0.0285. The zero-order valence-electron chi connectivity index (χ0n) is 16.1. The molecule has 2 unspecified atom stereocenters. The van der Waals surface area contributed by atoms with Crippen molar-refractivity contribution in [2.45, 2.75) is 39.7 Å². The molecule has 6 heteroatoms. The highest BCUT2D eigenvalue weighted by atomic mass is 16.2. The number of aryl methyl sites for hydroxylation is 2. The van der Waals surface area contributed by atoms with E-state index in [-0.39, 0.29) is 23.8 Å². The van der Waals surface area contributed by atoms with Gasteiger partial charge in [-0.1, -0.05) is 6.07 Å². The highest BCUT2D eigenvalue weighted by Gasteiger charge is 2.29. The molecule has 0 saturated carbocycles. The lowest BCUT2D eigenvalue weighted by Gasteiger charge is -2.36. The summed E-state index contributed by atoms with van der Waals surface area (Å²) in [6.07, 6.45) is 6.87. The quantitative estimate of drug-likeness (QED) is 0.903. The van der Waals surface area contributed by atoms with E-state index in [1.807, 2.05) is 43.9 Å². The largest absolute Gasteiger partial charge is 0.349 e. The second kappa shape index (κ2) is 8.29. The fraction of sp³-hybridized carbons (Fsp3) is 0.429. The van der Waals surface area contributed by atoms with Gasteiger partial charge in [0.1, 0.15) is 5.69 Å². The molecule has 2 aromatic heterocycles. The summed E-state index contributed by atoms with van der Waals surface area (Å²) in [5, 5.41) is 3.07. The van der Waals surface area contributed by atoms with Crippen LogP contribution >= 0.6 is 0 Å². The van der Waals surface area contributed by atoms with Crippen molar-refractivity contribution in [1.82, 2.24) is 20.2 Å². The highest BCUT2D eigenvalue weighted by molar-refractivity contribution is 5.94. The van der Waals surface area contributed by atoms with Crippen molar-refractivity contribution in [1.29, 1.82) is 0 Å². The van der Waals surface area contributed by atoms with E-state index in [0.717, 1.165) is 30.5 Å². The first-order valence-electron chi connectivity index (χ1n) is 9.39. The minimum atomic E-state index is -0.122. The van der Waals surface area contributed by atoms with Crippen LogP contribution in [0.3, 0.4) is 0 Å². The number of piperidine rings is 1. The number of rotatable bonds is 4. The van der Waals surface area contributed by atoms with E-state index in [0.29, 0.717) is 17.8 Å². The number of hydrogen-bond acceptors (Lipinski definition) is 4. The Morgan fingerprint density at radius 3 is 2.85 bits per heavy atom. The molecule has 0 bridgehead atoms. The summed E-state index contributed by atoms with van der Waals surface area (Å²) in [5.41, 5.74) is 2.92. The monoisotopic (exact) mass is 366 g/mol. The summed E-state index contributed by atoms with van der Waals surface area (Å²) < 4.78 is 0. The molecule has 1 N–H and O–H groups in total. The fourth-order valence-electron chi connectivity index (χ4n) is 3.55. The Kier molecular flexibility index (Phi) is 5.84. The maximum atomic E-state index is 12.8. The molecule has 0 radical (unpaired) electrons. The summed E-state index contributed by atoms with van der Waals surface area (Å²) in [7, 11) is 0. The van der Waals surface area contributed by atoms with E-state index in [9.17, 15) is 9.59 Å². The van der Waals surface area contributed by atoms with Crippen LogP contribution in [0.25, 0.3) is 0 Å². The van der Waals surface area contributed by atoms with E-state index < -0.39 is 0 Å². The molecule has 0 spiro atoms. The molecule has 27 heavy (non-hydrogen) atoms. The Hall–Kier alpha value is -2.76. The molecular weight excluding hydrogens is 340 g/mol. The van der Waals surface area contributed by atoms with Gasteiger partial charge in [-0.25, -0.2) is 0 Å². The van der Waals surface area contributed by atoms with Crippen LogP contribution in [0.2, 0.25) is 0 Å². The predicted octanol–water partition coefficient (Wildman–Crippen LogP) is 2.76. The van der Waals surface area contributed by atoms with Crippen molar-refractivity contribution in [2.75, 3.05) is 13.1 Å². The maximum absolute atomic E-state index is 12.8. The van der Waals surface area contributed by atoms with Crippen molar-refractivity contribution in [3.05, 3.63) is 59.2 Å². The molecule has 2 aromatic rings. The third kappa shape index (κ3) is 4.51. The smallest absolute Gasteiger partial charge is 0.272 e. The third-order valence-corrected chi connectivity index (χ3v) is 5.16. The number of aromatic nitrogens is 2. The normalized spacial score (nSPS) is 18.0. The number of pyridine rings is 2. The first-order chi connectivity index (χ1) is 13.0. The van der Waals surface area contributed by atoms with Crippen molar-refractivity contribution in [2.24, 2.45) is 5.92 Å². The SMILES string of the molecule is Cc1cncc(C(=O)NC(C)C2CCCN(C(=O)c3ncccc3C)C2)c1. The average Bonchev–Trinajstić information content (AvgIpc) is 2.68. The zero-order valence-corrected chi connectivity index (χ0v) is 16.1. The van der Waals surface area contributed by atoms with Crippen LogP contribution in [0.1, 0.15) is 51.7 Å². The van der Waals surface area contributed by atoms with E-state index in [1.54, 1.807) is 18.6 Å². The van der Waals surface area contributed by atoms with Gasteiger partial charge >= 0.3 is 0 Å². The van der Waals surface area contributed by atoms with E-state index in [1.165, 1.54) is 0 Å². The number of carbonyl (C=O) groups is 2. The predicted molar refractivity (Wildman–Crippen MR) is 104 cm³/mol. The van der Waals surface area contributed by atoms with Gasteiger partial charge in [0.05, 0.1) is 5.56 Å². The van der Waals surface area contributed by atoms with Crippen molar-refractivity contribution < 1.29 is 9.59 Å². The number of likely N-dealkylation sites (tertiary alicyclic amines) is 1. The number of nitrogens with zero attached hydrogens (tertiary/aromatic N) is 3. The van der Waals surface area contributed by atoms with Crippen LogP contribution < -0.4 is 5.32 Å². The topological polar surface area (TPSA) is 75.2 Å². The van der Waals surface area contributed by atoms with E-state index in [4.69, 9.17) is 0 Å². The Morgan fingerprint density at radius 2 is 2.11 bits per heavy atom. The lowest BCUT2D eigenvalue weighted by Crippen LogP contribution is -2.48.